The van der Waals surface area contributed by atoms with E-state index in [0.717, 1.165) is 34.1 Å². The number of hydrogen-bond donors (Lipinski definition) is 0. The summed E-state index contributed by atoms with van der Waals surface area (Å²) < 4.78 is 6.92. The number of anilines is 1. The van der Waals surface area contributed by atoms with Gasteiger partial charge in [-0.2, -0.15) is 20.0 Å². The second kappa shape index (κ2) is 8.14. The van der Waals surface area contributed by atoms with E-state index in [4.69, 9.17) is 4.42 Å². The minimum atomic E-state index is -0.0145. The average molecular weight is 481 g/mol. The van der Waals surface area contributed by atoms with E-state index >= 15 is 0 Å². The molecule has 0 saturated carbocycles. The minimum absolute atomic E-state index is 0.0145. The van der Waals surface area contributed by atoms with E-state index in [9.17, 15) is 4.79 Å². The largest absolute Gasteiger partial charge is 0.423 e. The van der Waals surface area contributed by atoms with Gasteiger partial charge in [0.25, 0.3) is 11.9 Å². The minimum Gasteiger partial charge on any atom is -0.423 e. The Morgan fingerprint density at radius 1 is 1.03 bits per heavy atom. The second-order valence-corrected chi connectivity index (χ2v) is 8.50. The molecule has 0 aliphatic carbocycles. The van der Waals surface area contributed by atoms with Gasteiger partial charge in [0.15, 0.2) is 5.58 Å². The van der Waals surface area contributed by atoms with Crippen molar-refractivity contribution in [2.75, 3.05) is 31.1 Å². The van der Waals surface area contributed by atoms with Crippen molar-refractivity contribution in [1.82, 2.24) is 24.9 Å². The van der Waals surface area contributed by atoms with E-state index in [0.29, 0.717) is 36.9 Å². The molecule has 1 aliphatic rings. The fourth-order valence-corrected chi connectivity index (χ4v) is 4.19. The molecule has 5 rings (SSSR count). The highest BCUT2D eigenvalue weighted by Crippen LogP contribution is 2.26. The molecule has 0 atom stereocenters. The average Bonchev–Trinajstić information content (AvgIpc) is 3.37. The standard InChI is InChI=1S/C22H21BrN6O2/c1-15-3-5-19(29-24-7-8-25-29)17(13-15)21(30)27-9-2-10-28(12-11-27)22-26-18-14-16(23)4-6-20(18)31-22/h3-8,13-14H,2,9-12H2,1H3. The number of oxazole rings is 1. The van der Waals surface area contributed by atoms with Gasteiger partial charge in [0.2, 0.25) is 0 Å². The number of fused-ring (bicyclic) bond motifs is 1. The molecule has 2 aromatic heterocycles. The van der Waals surface area contributed by atoms with Crippen molar-refractivity contribution in [3.05, 3.63) is 64.4 Å². The lowest BCUT2D eigenvalue weighted by Gasteiger charge is -2.22. The Morgan fingerprint density at radius 3 is 2.71 bits per heavy atom. The maximum atomic E-state index is 13.4. The first-order valence-electron chi connectivity index (χ1n) is 10.2. The van der Waals surface area contributed by atoms with Crippen LogP contribution in [0.2, 0.25) is 0 Å². The molecular formula is C22H21BrN6O2. The molecule has 8 nitrogen and oxygen atoms in total. The number of nitrogens with zero attached hydrogens (tertiary/aromatic N) is 6. The zero-order chi connectivity index (χ0) is 21.4. The summed E-state index contributed by atoms with van der Waals surface area (Å²) in [7, 11) is 0. The summed E-state index contributed by atoms with van der Waals surface area (Å²) >= 11 is 3.47. The number of benzene rings is 2. The number of aromatic nitrogens is 4. The molecule has 9 heteroatoms. The Balaban J connectivity index is 1.37. The van der Waals surface area contributed by atoms with Crippen molar-refractivity contribution in [2.24, 2.45) is 0 Å². The molecule has 0 radical (unpaired) electrons. The molecule has 0 spiro atoms. The molecule has 3 heterocycles. The molecule has 2 aromatic carbocycles. The summed E-state index contributed by atoms with van der Waals surface area (Å²) in [5.41, 5.74) is 3.89. The molecule has 158 valence electrons. The highest BCUT2D eigenvalue weighted by molar-refractivity contribution is 9.10. The maximum Gasteiger partial charge on any atom is 0.298 e. The van der Waals surface area contributed by atoms with Gasteiger partial charge >= 0.3 is 0 Å². The van der Waals surface area contributed by atoms with E-state index in [1.54, 1.807) is 12.4 Å². The Bertz CT molecular complexity index is 1240. The topological polar surface area (TPSA) is 80.3 Å². The Labute approximate surface area is 187 Å². The van der Waals surface area contributed by atoms with Crippen LogP contribution >= 0.6 is 15.9 Å². The first-order chi connectivity index (χ1) is 15.1. The molecule has 1 saturated heterocycles. The van der Waals surface area contributed by atoms with Crippen LogP contribution in [0.5, 0.6) is 0 Å². The van der Waals surface area contributed by atoms with Gasteiger partial charge in [-0.25, -0.2) is 0 Å². The van der Waals surface area contributed by atoms with E-state index in [1.807, 2.05) is 48.2 Å². The van der Waals surface area contributed by atoms with Crippen molar-refractivity contribution >= 4 is 39.0 Å². The lowest BCUT2D eigenvalue weighted by molar-refractivity contribution is 0.0766. The van der Waals surface area contributed by atoms with Crippen molar-refractivity contribution < 1.29 is 9.21 Å². The van der Waals surface area contributed by atoms with E-state index in [-0.39, 0.29) is 5.91 Å². The van der Waals surface area contributed by atoms with Gasteiger partial charge in [-0.3, -0.25) is 4.79 Å². The third-order valence-electron chi connectivity index (χ3n) is 5.41. The summed E-state index contributed by atoms with van der Waals surface area (Å²) in [6.45, 7) is 4.66. The van der Waals surface area contributed by atoms with Crippen LogP contribution in [0.4, 0.5) is 6.01 Å². The number of carbonyl (C=O) groups is 1. The molecule has 0 N–H and O–H groups in total. The van der Waals surface area contributed by atoms with Gasteiger partial charge in [0, 0.05) is 30.7 Å². The van der Waals surface area contributed by atoms with Gasteiger partial charge < -0.3 is 14.2 Å². The van der Waals surface area contributed by atoms with Crippen LogP contribution in [0.1, 0.15) is 22.3 Å². The van der Waals surface area contributed by atoms with Crippen LogP contribution in [0.3, 0.4) is 0 Å². The van der Waals surface area contributed by atoms with Gasteiger partial charge in [0.1, 0.15) is 5.52 Å². The summed E-state index contributed by atoms with van der Waals surface area (Å²) in [5.74, 6) is -0.0145. The number of carbonyl (C=O) groups excluding carboxylic acids is 1. The van der Waals surface area contributed by atoms with Crippen molar-refractivity contribution in [2.45, 2.75) is 13.3 Å². The Morgan fingerprint density at radius 2 is 1.87 bits per heavy atom. The molecule has 1 amide bonds. The Hall–Kier alpha value is -3.20. The fourth-order valence-electron chi connectivity index (χ4n) is 3.84. The van der Waals surface area contributed by atoms with Crippen molar-refractivity contribution in [3.8, 4) is 5.69 Å². The highest BCUT2D eigenvalue weighted by atomic mass is 79.9. The monoisotopic (exact) mass is 480 g/mol. The van der Waals surface area contributed by atoms with Crippen LogP contribution in [-0.2, 0) is 0 Å². The lowest BCUT2D eigenvalue weighted by Crippen LogP contribution is -2.36. The molecule has 31 heavy (non-hydrogen) atoms. The quantitative estimate of drug-likeness (QED) is 0.443. The van der Waals surface area contributed by atoms with Crippen molar-refractivity contribution in [3.63, 3.8) is 0 Å². The number of aryl methyl sites for hydroxylation is 1. The second-order valence-electron chi connectivity index (χ2n) is 7.58. The molecular weight excluding hydrogens is 460 g/mol. The smallest absolute Gasteiger partial charge is 0.298 e. The van der Waals surface area contributed by atoms with E-state index in [1.165, 1.54) is 4.80 Å². The summed E-state index contributed by atoms with van der Waals surface area (Å²) in [4.78, 5) is 23.6. The van der Waals surface area contributed by atoms with Crippen LogP contribution in [0.25, 0.3) is 16.8 Å². The number of amides is 1. The zero-order valence-corrected chi connectivity index (χ0v) is 18.6. The van der Waals surface area contributed by atoms with E-state index in [2.05, 4.69) is 36.0 Å². The number of rotatable bonds is 3. The third-order valence-corrected chi connectivity index (χ3v) is 5.90. The van der Waals surface area contributed by atoms with Crippen LogP contribution in [0.15, 0.2) is 57.7 Å². The molecule has 4 aromatic rings. The number of halogens is 1. The van der Waals surface area contributed by atoms with Crippen LogP contribution in [-0.4, -0.2) is 57.0 Å². The zero-order valence-electron chi connectivity index (χ0n) is 17.0. The fraction of sp³-hybridized carbons (Fsp3) is 0.273. The molecule has 0 bridgehead atoms. The third kappa shape index (κ3) is 3.93. The Kier molecular flexibility index (Phi) is 5.19. The van der Waals surface area contributed by atoms with Gasteiger partial charge in [-0.15, -0.1) is 0 Å². The lowest BCUT2D eigenvalue weighted by atomic mass is 10.1. The molecule has 1 fully saturated rings. The molecule has 0 unspecified atom stereocenters. The van der Waals surface area contributed by atoms with Gasteiger partial charge in [-0.1, -0.05) is 27.6 Å². The highest BCUT2D eigenvalue weighted by Gasteiger charge is 2.25. The summed E-state index contributed by atoms with van der Waals surface area (Å²) in [6.07, 6.45) is 4.04. The first-order valence-corrected chi connectivity index (χ1v) is 11.0. The van der Waals surface area contributed by atoms with Crippen molar-refractivity contribution in [1.29, 1.82) is 0 Å². The van der Waals surface area contributed by atoms with Crippen LogP contribution < -0.4 is 4.90 Å². The normalized spacial score (nSPS) is 14.8. The summed E-state index contributed by atoms with van der Waals surface area (Å²) in [5, 5.41) is 8.41. The van der Waals surface area contributed by atoms with Gasteiger partial charge in [-0.05, 0) is 43.7 Å². The maximum absolute atomic E-state index is 13.4. The predicted octanol–water partition coefficient (Wildman–Crippen LogP) is 3.83. The number of hydrogen-bond acceptors (Lipinski definition) is 6. The molecule has 1 aliphatic heterocycles. The summed E-state index contributed by atoms with van der Waals surface area (Å²) in [6, 6.07) is 12.1. The van der Waals surface area contributed by atoms with Crippen LogP contribution in [0, 0.1) is 6.92 Å². The van der Waals surface area contributed by atoms with Gasteiger partial charge in [0.05, 0.1) is 23.6 Å². The predicted molar refractivity (Wildman–Crippen MR) is 121 cm³/mol. The first kappa shape index (κ1) is 19.7. The SMILES string of the molecule is Cc1ccc(-n2nccn2)c(C(=O)N2CCCN(c3nc4cc(Br)ccc4o3)CC2)c1. The van der Waals surface area contributed by atoms with E-state index < -0.39 is 0 Å².